The molecular formula is C17H25N3O. The van der Waals surface area contributed by atoms with Crippen molar-refractivity contribution in [2.24, 2.45) is 12.8 Å². The smallest absolute Gasteiger partial charge is 0.0593 e. The zero-order valence-electron chi connectivity index (χ0n) is 13.3. The molecule has 3 rings (SSSR count). The molecule has 0 aliphatic carbocycles. The standard InChI is InChI=1S/C17H25N3O/c1-4-21-6-5-20-10-13-7-15-16(9-18)12(2)19(3)17(15)8-14(13)11-20/h7-8H,4-6,9-11,18H2,1-3H3. The Morgan fingerprint density at radius 2 is 1.95 bits per heavy atom. The van der Waals surface area contributed by atoms with Crippen LogP contribution in [0.4, 0.5) is 0 Å². The predicted octanol–water partition coefficient (Wildman–Crippen LogP) is 2.30. The van der Waals surface area contributed by atoms with E-state index in [1.165, 1.54) is 33.3 Å². The molecule has 2 N–H and O–H groups in total. The zero-order valence-corrected chi connectivity index (χ0v) is 13.3. The number of rotatable bonds is 5. The van der Waals surface area contributed by atoms with Crippen molar-refractivity contribution in [1.82, 2.24) is 9.47 Å². The van der Waals surface area contributed by atoms with Gasteiger partial charge in [0.2, 0.25) is 0 Å². The number of hydrogen-bond donors (Lipinski definition) is 1. The molecule has 0 saturated carbocycles. The minimum atomic E-state index is 0.607. The molecule has 2 aromatic rings. The first-order valence-corrected chi connectivity index (χ1v) is 7.75. The topological polar surface area (TPSA) is 43.4 Å². The van der Waals surface area contributed by atoms with Gasteiger partial charge in [0.1, 0.15) is 0 Å². The van der Waals surface area contributed by atoms with Crippen LogP contribution in [0, 0.1) is 6.92 Å². The molecule has 1 aromatic heterocycles. The SMILES string of the molecule is CCOCCN1Cc2cc3c(CN)c(C)n(C)c3cc2C1. The first kappa shape index (κ1) is 14.6. The molecule has 114 valence electrons. The third-order valence-electron chi connectivity index (χ3n) is 4.69. The molecule has 0 saturated heterocycles. The van der Waals surface area contributed by atoms with Gasteiger partial charge in [-0.2, -0.15) is 0 Å². The first-order valence-electron chi connectivity index (χ1n) is 7.75. The molecule has 0 bridgehead atoms. The summed E-state index contributed by atoms with van der Waals surface area (Å²) in [4.78, 5) is 2.45. The highest BCUT2D eigenvalue weighted by Crippen LogP contribution is 2.32. The maximum absolute atomic E-state index is 5.94. The lowest BCUT2D eigenvalue weighted by molar-refractivity contribution is 0.113. The number of hydrogen-bond acceptors (Lipinski definition) is 3. The normalized spacial score (nSPS) is 15.0. The number of ether oxygens (including phenoxy) is 1. The highest BCUT2D eigenvalue weighted by Gasteiger charge is 2.21. The van der Waals surface area contributed by atoms with Crippen LogP contribution in [0.5, 0.6) is 0 Å². The van der Waals surface area contributed by atoms with Gasteiger partial charge in [-0.3, -0.25) is 4.90 Å². The summed E-state index contributed by atoms with van der Waals surface area (Å²) in [5.41, 5.74) is 12.7. The van der Waals surface area contributed by atoms with Crippen LogP contribution in [-0.4, -0.2) is 29.2 Å². The van der Waals surface area contributed by atoms with Crippen molar-refractivity contribution in [2.75, 3.05) is 19.8 Å². The summed E-state index contributed by atoms with van der Waals surface area (Å²) in [6.07, 6.45) is 0. The van der Waals surface area contributed by atoms with Crippen LogP contribution in [0.1, 0.15) is 29.3 Å². The van der Waals surface area contributed by atoms with Gasteiger partial charge in [-0.1, -0.05) is 0 Å². The molecule has 2 heterocycles. The predicted molar refractivity (Wildman–Crippen MR) is 86.2 cm³/mol. The summed E-state index contributed by atoms with van der Waals surface area (Å²) in [5.74, 6) is 0. The largest absolute Gasteiger partial charge is 0.380 e. The Labute approximate surface area is 126 Å². The molecule has 1 aliphatic rings. The van der Waals surface area contributed by atoms with E-state index in [0.29, 0.717) is 6.54 Å². The van der Waals surface area contributed by atoms with Crippen molar-refractivity contribution >= 4 is 10.9 Å². The molecule has 0 atom stereocenters. The van der Waals surface area contributed by atoms with Crippen LogP contribution < -0.4 is 5.73 Å². The van der Waals surface area contributed by atoms with Crippen LogP contribution in [-0.2, 0) is 31.4 Å². The first-order chi connectivity index (χ1) is 10.2. The molecule has 21 heavy (non-hydrogen) atoms. The number of aryl methyl sites for hydroxylation is 1. The molecule has 0 unspecified atom stereocenters. The molecule has 0 amide bonds. The molecule has 0 spiro atoms. The molecule has 1 aromatic carbocycles. The Balaban J connectivity index is 1.90. The molecule has 4 heteroatoms. The molecule has 1 aliphatic heterocycles. The molecule has 0 fully saturated rings. The van der Waals surface area contributed by atoms with E-state index in [9.17, 15) is 0 Å². The highest BCUT2D eigenvalue weighted by atomic mass is 16.5. The van der Waals surface area contributed by atoms with Crippen LogP contribution >= 0.6 is 0 Å². The lowest BCUT2D eigenvalue weighted by Crippen LogP contribution is -2.21. The third-order valence-corrected chi connectivity index (χ3v) is 4.69. The Kier molecular flexibility index (Phi) is 4.02. The molecule has 0 radical (unpaired) electrons. The summed E-state index contributed by atoms with van der Waals surface area (Å²) < 4.78 is 7.73. The Hall–Kier alpha value is -1.36. The van der Waals surface area contributed by atoms with Crippen LogP contribution in [0.15, 0.2) is 12.1 Å². The van der Waals surface area contributed by atoms with Gasteiger partial charge < -0.3 is 15.0 Å². The van der Waals surface area contributed by atoms with Crippen molar-refractivity contribution in [3.63, 3.8) is 0 Å². The van der Waals surface area contributed by atoms with Gasteiger partial charge in [0.15, 0.2) is 0 Å². The second-order valence-electron chi connectivity index (χ2n) is 5.87. The van der Waals surface area contributed by atoms with Crippen molar-refractivity contribution in [3.05, 3.63) is 34.5 Å². The summed E-state index contributed by atoms with van der Waals surface area (Å²) in [7, 11) is 2.13. The van der Waals surface area contributed by atoms with E-state index in [2.05, 4.69) is 35.6 Å². The van der Waals surface area contributed by atoms with Crippen LogP contribution in [0.2, 0.25) is 0 Å². The number of nitrogens with zero attached hydrogens (tertiary/aromatic N) is 2. The number of nitrogens with two attached hydrogens (primary N) is 1. The lowest BCUT2D eigenvalue weighted by atomic mass is 10.0. The Bertz CT molecular complexity index is 660. The zero-order chi connectivity index (χ0) is 15.0. The maximum Gasteiger partial charge on any atom is 0.0593 e. The Morgan fingerprint density at radius 3 is 2.62 bits per heavy atom. The third kappa shape index (κ3) is 2.48. The van der Waals surface area contributed by atoms with E-state index >= 15 is 0 Å². The molecule has 4 nitrogen and oxygen atoms in total. The highest BCUT2D eigenvalue weighted by molar-refractivity contribution is 5.87. The van der Waals surface area contributed by atoms with E-state index in [-0.39, 0.29) is 0 Å². The number of aromatic nitrogens is 1. The second-order valence-corrected chi connectivity index (χ2v) is 5.87. The van der Waals surface area contributed by atoms with E-state index in [1.54, 1.807) is 0 Å². The van der Waals surface area contributed by atoms with Gasteiger partial charge in [0, 0.05) is 56.4 Å². The van der Waals surface area contributed by atoms with Gasteiger partial charge in [-0.05, 0) is 42.7 Å². The van der Waals surface area contributed by atoms with E-state index in [0.717, 1.165) is 32.8 Å². The van der Waals surface area contributed by atoms with E-state index in [1.807, 2.05) is 6.92 Å². The minimum absolute atomic E-state index is 0.607. The lowest BCUT2D eigenvalue weighted by Gasteiger charge is -2.13. The van der Waals surface area contributed by atoms with Crippen LogP contribution in [0.25, 0.3) is 10.9 Å². The van der Waals surface area contributed by atoms with Crippen molar-refractivity contribution in [2.45, 2.75) is 33.5 Å². The van der Waals surface area contributed by atoms with Gasteiger partial charge >= 0.3 is 0 Å². The minimum Gasteiger partial charge on any atom is -0.380 e. The fraction of sp³-hybridized carbons (Fsp3) is 0.529. The summed E-state index contributed by atoms with van der Waals surface area (Å²) >= 11 is 0. The van der Waals surface area contributed by atoms with Gasteiger partial charge in [-0.25, -0.2) is 0 Å². The van der Waals surface area contributed by atoms with Gasteiger partial charge in [-0.15, -0.1) is 0 Å². The fourth-order valence-electron chi connectivity index (χ4n) is 3.36. The summed E-state index contributed by atoms with van der Waals surface area (Å²) in [6.45, 7) is 9.47. The summed E-state index contributed by atoms with van der Waals surface area (Å²) in [6, 6.07) is 4.69. The maximum atomic E-state index is 5.94. The average Bonchev–Trinajstić information content (AvgIpc) is 2.97. The van der Waals surface area contributed by atoms with E-state index < -0.39 is 0 Å². The fourth-order valence-corrected chi connectivity index (χ4v) is 3.36. The van der Waals surface area contributed by atoms with Gasteiger partial charge in [0.05, 0.1) is 6.61 Å². The quantitative estimate of drug-likeness (QED) is 0.858. The van der Waals surface area contributed by atoms with E-state index in [4.69, 9.17) is 10.5 Å². The molecular weight excluding hydrogens is 262 g/mol. The van der Waals surface area contributed by atoms with Crippen molar-refractivity contribution < 1.29 is 4.74 Å². The number of benzene rings is 1. The average molecular weight is 287 g/mol. The van der Waals surface area contributed by atoms with Crippen molar-refractivity contribution in [1.29, 1.82) is 0 Å². The Morgan fingerprint density at radius 1 is 1.24 bits per heavy atom. The van der Waals surface area contributed by atoms with Gasteiger partial charge in [0.25, 0.3) is 0 Å². The monoisotopic (exact) mass is 287 g/mol. The second kappa shape index (κ2) is 5.79. The summed E-state index contributed by atoms with van der Waals surface area (Å²) in [5, 5.41) is 1.32. The number of fused-ring (bicyclic) bond motifs is 2. The van der Waals surface area contributed by atoms with Crippen LogP contribution in [0.3, 0.4) is 0 Å². The van der Waals surface area contributed by atoms with Crippen molar-refractivity contribution in [3.8, 4) is 0 Å².